The van der Waals surface area contributed by atoms with Gasteiger partial charge < -0.3 is 11.1 Å². The van der Waals surface area contributed by atoms with Gasteiger partial charge in [-0.05, 0) is 24.1 Å². The number of hydrogen-bond donors (Lipinski definition) is 2. The monoisotopic (exact) mass is 213 g/mol. The maximum absolute atomic E-state index is 5.80. The number of nitrogens with zero attached hydrogens (tertiary/aromatic N) is 1. The average molecular weight is 213 g/mol. The number of rotatable bonds is 3. The Balaban J connectivity index is 2.09. The van der Waals surface area contributed by atoms with Crippen LogP contribution in [0.15, 0.2) is 42.7 Å². The molecule has 3 N–H and O–H groups in total. The molecule has 3 heteroatoms. The van der Waals surface area contributed by atoms with Crippen LogP contribution in [-0.2, 0) is 6.54 Å². The first-order valence-corrected chi connectivity index (χ1v) is 5.25. The van der Waals surface area contributed by atoms with Crippen LogP contribution in [0.4, 0.5) is 11.4 Å². The molecule has 1 aromatic carbocycles. The number of aryl methyl sites for hydroxylation is 1. The fraction of sp³-hybridized carbons (Fsp3) is 0.154. The van der Waals surface area contributed by atoms with Crippen LogP contribution in [-0.4, -0.2) is 4.98 Å². The first-order valence-electron chi connectivity index (χ1n) is 5.25. The molecule has 0 spiro atoms. The van der Waals surface area contributed by atoms with Gasteiger partial charge >= 0.3 is 0 Å². The topological polar surface area (TPSA) is 50.9 Å². The Bertz CT molecular complexity index is 435. The van der Waals surface area contributed by atoms with Gasteiger partial charge in [-0.3, -0.25) is 4.98 Å². The number of aromatic nitrogens is 1. The predicted octanol–water partition coefficient (Wildman–Crippen LogP) is 2.58. The minimum Gasteiger partial charge on any atom is -0.396 e. The van der Waals surface area contributed by atoms with E-state index < -0.39 is 0 Å². The number of nitrogen functional groups attached to an aromatic ring is 1. The fourth-order valence-electron chi connectivity index (χ4n) is 1.57. The van der Waals surface area contributed by atoms with Crippen molar-refractivity contribution in [3.63, 3.8) is 0 Å². The molecular weight excluding hydrogens is 198 g/mol. The molecule has 0 radical (unpaired) electrons. The van der Waals surface area contributed by atoms with E-state index in [4.69, 9.17) is 5.73 Å². The van der Waals surface area contributed by atoms with Crippen LogP contribution >= 0.6 is 0 Å². The van der Waals surface area contributed by atoms with Crippen LogP contribution < -0.4 is 11.1 Å². The SMILES string of the molecule is Cc1ccccc1CNc1ccncc1N. The maximum atomic E-state index is 5.80. The number of benzene rings is 1. The summed E-state index contributed by atoms with van der Waals surface area (Å²) < 4.78 is 0. The summed E-state index contributed by atoms with van der Waals surface area (Å²) in [6.45, 7) is 2.88. The highest BCUT2D eigenvalue weighted by molar-refractivity contribution is 5.64. The molecule has 0 aliphatic rings. The number of anilines is 2. The molecule has 3 nitrogen and oxygen atoms in total. The Labute approximate surface area is 95.3 Å². The highest BCUT2D eigenvalue weighted by Gasteiger charge is 1.99. The van der Waals surface area contributed by atoms with Crippen molar-refractivity contribution in [1.82, 2.24) is 4.98 Å². The standard InChI is InChI=1S/C13H15N3/c1-10-4-2-3-5-11(10)8-16-13-6-7-15-9-12(13)14/h2-7,9H,8,14H2,1H3,(H,15,16). The molecule has 82 valence electrons. The maximum Gasteiger partial charge on any atom is 0.0736 e. The molecule has 0 unspecified atom stereocenters. The Hall–Kier alpha value is -2.03. The normalized spacial score (nSPS) is 10.1. The molecule has 0 amide bonds. The molecule has 16 heavy (non-hydrogen) atoms. The van der Waals surface area contributed by atoms with Crippen LogP contribution in [0.1, 0.15) is 11.1 Å². The summed E-state index contributed by atoms with van der Waals surface area (Å²) in [5, 5.41) is 3.31. The molecule has 0 saturated heterocycles. The van der Waals surface area contributed by atoms with Gasteiger partial charge in [0.2, 0.25) is 0 Å². The van der Waals surface area contributed by atoms with Gasteiger partial charge in [-0.15, -0.1) is 0 Å². The van der Waals surface area contributed by atoms with Crippen molar-refractivity contribution in [3.8, 4) is 0 Å². The quantitative estimate of drug-likeness (QED) is 0.824. The van der Waals surface area contributed by atoms with Crippen molar-refractivity contribution in [3.05, 3.63) is 53.9 Å². The van der Waals surface area contributed by atoms with E-state index in [2.05, 4.69) is 29.4 Å². The predicted molar refractivity (Wildman–Crippen MR) is 67.2 cm³/mol. The number of nitrogens with one attached hydrogen (secondary N) is 1. The van der Waals surface area contributed by atoms with Crippen LogP contribution in [0, 0.1) is 6.92 Å². The molecule has 2 aromatic rings. The van der Waals surface area contributed by atoms with E-state index in [1.165, 1.54) is 11.1 Å². The van der Waals surface area contributed by atoms with E-state index in [9.17, 15) is 0 Å². The summed E-state index contributed by atoms with van der Waals surface area (Å²) in [4.78, 5) is 3.95. The zero-order valence-electron chi connectivity index (χ0n) is 9.27. The second kappa shape index (κ2) is 4.66. The van der Waals surface area contributed by atoms with Crippen molar-refractivity contribution in [1.29, 1.82) is 0 Å². The summed E-state index contributed by atoms with van der Waals surface area (Å²) in [6.07, 6.45) is 3.39. The van der Waals surface area contributed by atoms with Crippen LogP contribution in [0.5, 0.6) is 0 Å². The molecule has 2 rings (SSSR count). The average Bonchev–Trinajstić information content (AvgIpc) is 2.30. The van der Waals surface area contributed by atoms with Gasteiger partial charge in [0.05, 0.1) is 17.6 Å². The molecular formula is C13H15N3. The van der Waals surface area contributed by atoms with Crippen LogP contribution in [0.3, 0.4) is 0 Å². The molecule has 0 aliphatic heterocycles. The Morgan fingerprint density at radius 2 is 2.06 bits per heavy atom. The van der Waals surface area contributed by atoms with E-state index in [1.807, 2.05) is 18.2 Å². The Morgan fingerprint density at radius 1 is 1.25 bits per heavy atom. The van der Waals surface area contributed by atoms with Gasteiger partial charge in [0.25, 0.3) is 0 Å². The highest BCUT2D eigenvalue weighted by Crippen LogP contribution is 2.17. The van der Waals surface area contributed by atoms with Crippen LogP contribution in [0.25, 0.3) is 0 Å². The van der Waals surface area contributed by atoms with E-state index >= 15 is 0 Å². The lowest BCUT2D eigenvalue weighted by Crippen LogP contribution is -2.03. The van der Waals surface area contributed by atoms with E-state index in [1.54, 1.807) is 12.4 Å². The Morgan fingerprint density at radius 3 is 2.81 bits per heavy atom. The van der Waals surface area contributed by atoms with Crippen molar-refractivity contribution < 1.29 is 0 Å². The minimum atomic E-state index is 0.677. The zero-order chi connectivity index (χ0) is 11.4. The van der Waals surface area contributed by atoms with Crippen molar-refractivity contribution in [2.45, 2.75) is 13.5 Å². The molecule has 0 saturated carbocycles. The summed E-state index contributed by atoms with van der Waals surface area (Å²) in [7, 11) is 0. The Kier molecular flexibility index (Phi) is 3.05. The van der Waals surface area contributed by atoms with Crippen molar-refractivity contribution in [2.24, 2.45) is 0 Å². The lowest BCUT2D eigenvalue weighted by molar-refractivity contribution is 1.12. The van der Waals surface area contributed by atoms with Crippen molar-refractivity contribution >= 4 is 11.4 Å². The van der Waals surface area contributed by atoms with Gasteiger partial charge in [0.1, 0.15) is 0 Å². The number of pyridine rings is 1. The molecule has 0 aliphatic carbocycles. The lowest BCUT2D eigenvalue weighted by Gasteiger charge is -2.10. The molecule has 1 heterocycles. The summed E-state index contributed by atoms with van der Waals surface area (Å²) in [5.41, 5.74) is 9.96. The largest absolute Gasteiger partial charge is 0.396 e. The second-order valence-electron chi connectivity index (χ2n) is 3.74. The number of hydrogen-bond acceptors (Lipinski definition) is 3. The van der Waals surface area contributed by atoms with Gasteiger partial charge in [0.15, 0.2) is 0 Å². The summed E-state index contributed by atoms with van der Waals surface area (Å²) in [5.74, 6) is 0. The molecule has 0 bridgehead atoms. The zero-order valence-corrected chi connectivity index (χ0v) is 9.27. The smallest absolute Gasteiger partial charge is 0.0736 e. The van der Waals surface area contributed by atoms with Gasteiger partial charge in [0, 0.05) is 12.7 Å². The van der Waals surface area contributed by atoms with E-state index in [0.29, 0.717) is 5.69 Å². The molecule has 1 aromatic heterocycles. The summed E-state index contributed by atoms with van der Waals surface area (Å²) >= 11 is 0. The third kappa shape index (κ3) is 2.31. The van der Waals surface area contributed by atoms with Gasteiger partial charge in [-0.1, -0.05) is 24.3 Å². The van der Waals surface area contributed by atoms with Crippen molar-refractivity contribution in [2.75, 3.05) is 11.1 Å². The first kappa shape index (κ1) is 10.5. The van der Waals surface area contributed by atoms with E-state index in [-0.39, 0.29) is 0 Å². The second-order valence-corrected chi connectivity index (χ2v) is 3.74. The fourth-order valence-corrected chi connectivity index (χ4v) is 1.57. The minimum absolute atomic E-state index is 0.677. The van der Waals surface area contributed by atoms with E-state index in [0.717, 1.165) is 12.2 Å². The van der Waals surface area contributed by atoms with Gasteiger partial charge in [-0.25, -0.2) is 0 Å². The molecule has 0 fully saturated rings. The lowest BCUT2D eigenvalue weighted by atomic mass is 10.1. The number of nitrogens with two attached hydrogens (primary N) is 1. The third-order valence-corrected chi connectivity index (χ3v) is 2.58. The molecule has 0 atom stereocenters. The van der Waals surface area contributed by atoms with Crippen LogP contribution in [0.2, 0.25) is 0 Å². The highest BCUT2D eigenvalue weighted by atomic mass is 14.9. The summed E-state index contributed by atoms with van der Waals surface area (Å²) in [6, 6.07) is 10.2. The third-order valence-electron chi connectivity index (χ3n) is 2.58. The first-order chi connectivity index (χ1) is 7.77. The van der Waals surface area contributed by atoms with Gasteiger partial charge in [-0.2, -0.15) is 0 Å².